The lowest BCUT2D eigenvalue weighted by molar-refractivity contribution is 0.101. The van der Waals surface area contributed by atoms with Crippen LogP contribution in [0.5, 0.6) is 11.5 Å². The fourth-order valence-electron chi connectivity index (χ4n) is 3.38. The van der Waals surface area contributed by atoms with Crippen molar-refractivity contribution in [1.82, 2.24) is 4.90 Å². The number of halogens is 1. The number of fused-ring (bicyclic) bond motifs is 1. The molecule has 1 aliphatic rings. The molecule has 3 aromatic carbocycles. The van der Waals surface area contributed by atoms with Gasteiger partial charge >= 0.3 is 0 Å². The van der Waals surface area contributed by atoms with E-state index in [4.69, 9.17) is 4.74 Å². The van der Waals surface area contributed by atoms with Crippen molar-refractivity contribution in [2.24, 2.45) is 0 Å². The number of phenolic OH excluding ortho intramolecular Hbond substituents is 1. The molecular formula is C24H20FNO3. The highest BCUT2D eigenvalue weighted by atomic mass is 19.1. The lowest BCUT2D eigenvalue weighted by Crippen LogP contribution is -2.17. The molecule has 0 spiro atoms. The van der Waals surface area contributed by atoms with Gasteiger partial charge in [-0.05, 0) is 48.5 Å². The van der Waals surface area contributed by atoms with Gasteiger partial charge < -0.3 is 9.84 Å². The second kappa shape index (κ2) is 7.89. The molecule has 0 amide bonds. The Labute approximate surface area is 168 Å². The van der Waals surface area contributed by atoms with E-state index >= 15 is 0 Å². The van der Waals surface area contributed by atoms with Crippen LogP contribution in [-0.2, 0) is 13.1 Å². The van der Waals surface area contributed by atoms with Crippen molar-refractivity contribution < 1.29 is 19.0 Å². The Hall–Kier alpha value is -3.44. The first kappa shape index (κ1) is 18.9. The van der Waals surface area contributed by atoms with E-state index in [9.17, 15) is 14.3 Å². The standard InChI is InChI=1S/C24H20FNO3/c1-26(14-17-5-3-2-4-6-17)15-20-21(27)12-11-19-23(28)22(29-24(19)20)13-16-7-9-18(25)10-8-16/h2-13,27H,14-15H2,1H3/b22-13-. The number of rotatable bonds is 5. The SMILES string of the molecule is CN(Cc1ccccc1)Cc1c(O)ccc2c1O/C(=C\c1ccc(F)cc1)C2=O. The van der Waals surface area contributed by atoms with Crippen LogP contribution in [0.1, 0.15) is 27.0 Å². The number of hydrogen-bond acceptors (Lipinski definition) is 4. The topological polar surface area (TPSA) is 49.8 Å². The average Bonchev–Trinajstić information content (AvgIpc) is 3.02. The smallest absolute Gasteiger partial charge is 0.231 e. The number of ketones is 1. The summed E-state index contributed by atoms with van der Waals surface area (Å²) < 4.78 is 19.0. The van der Waals surface area contributed by atoms with E-state index in [0.29, 0.717) is 35.5 Å². The fraction of sp³-hybridized carbons (Fsp3) is 0.125. The van der Waals surface area contributed by atoms with Gasteiger partial charge in [0.05, 0.1) is 11.1 Å². The quantitative estimate of drug-likeness (QED) is 0.638. The van der Waals surface area contributed by atoms with Crippen molar-refractivity contribution in [3.63, 3.8) is 0 Å². The molecule has 4 rings (SSSR count). The van der Waals surface area contributed by atoms with Crippen molar-refractivity contribution in [2.45, 2.75) is 13.1 Å². The van der Waals surface area contributed by atoms with Gasteiger partial charge in [0.25, 0.3) is 0 Å². The van der Waals surface area contributed by atoms with Crippen molar-refractivity contribution >= 4 is 11.9 Å². The summed E-state index contributed by atoms with van der Waals surface area (Å²) in [5.74, 6) is 0.0194. The molecule has 0 atom stereocenters. The lowest BCUT2D eigenvalue weighted by atomic mass is 10.0. The predicted octanol–water partition coefficient (Wildman–Crippen LogP) is 4.78. The van der Waals surface area contributed by atoms with Crippen LogP contribution in [0.4, 0.5) is 4.39 Å². The molecular weight excluding hydrogens is 369 g/mol. The van der Waals surface area contributed by atoms with E-state index in [1.807, 2.05) is 42.3 Å². The van der Waals surface area contributed by atoms with Crippen molar-refractivity contribution in [3.8, 4) is 11.5 Å². The number of Topliss-reactive ketones (excluding diaryl/α,β-unsaturated/α-hetero) is 1. The maximum atomic E-state index is 13.1. The van der Waals surface area contributed by atoms with Gasteiger partial charge in [0.1, 0.15) is 17.3 Å². The van der Waals surface area contributed by atoms with Crippen LogP contribution in [0.3, 0.4) is 0 Å². The van der Waals surface area contributed by atoms with Crippen LogP contribution < -0.4 is 4.74 Å². The molecule has 1 aliphatic heterocycles. The van der Waals surface area contributed by atoms with Crippen LogP contribution in [0.2, 0.25) is 0 Å². The summed E-state index contributed by atoms with van der Waals surface area (Å²) in [5.41, 5.74) is 2.79. The summed E-state index contributed by atoms with van der Waals surface area (Å²) >= 11 is 0. The van der Waals surface area contributed by atoms with Gasteiger partial charge in [-0.25, -0.2) is 4.39 Å². The Morgan fingerprint density at radius 2 is 1.72 bits per heavy atom. The van der Waals surface area contributed by atoms with Gasteiger partial charge in [0.2, 0.25) is 5.78 Å². The molecule has 4 nitrogen and oxygen atoms in total. The van der Waals surface area contributed by atoms with E-state index in [1.54, 1.807) is 24.3 Å². The summed E-state index contributed by atoms with van der Waals surface area (Å²) in [5, 5.41) is 10.4. The molecule has 0 bridgehead atoms. The number of nitrogens with zero attached hydrogens (tertiary/aromatic N) is 1. The minimum atomic E-state index is -0.345. The predicted molar refractivity (Wildman–Crippen MR) is 109 cm³/mol. The van der Waals surface area contributed by atoms with E-state index < -0.39 is 0 Å². The summed E-state index contributed by atoms with van der Waals surface area (Å²) in [7, 11) is 1.94. The molecule has 0 aliphatic carbocycles. The Morgan fingerprint density at radius 1 is 1.00 bits per heavy atom. The van der Waals surface area contributed by atoms with Gasteiger partial charge in [0, 0.05) is 13.1 Å². The summed E-state index contributed by atoms with van der Waals surface area (Å²) in [6, 6.07) is 18.9. The number of benzene rings is 3. The molecule has 29 heavy (non-hydrogen) atoms. The third-order valence-corrected chi connectivity index (χ3v) is 4.81. The Bertz CT molecular complexity index is 1080. The Morgan fingerprint density at radius 3 is 2.45 bits per heavy atom. The molecule has 0 saturated heterocycles. The van der Waals surface area contributed by atoms with Crippen LogP contribution >= 0.6 is 0 Å². The number of carbonyl (C=O) groups is 1. The second-order valence-corrected chi connectivity index (χ2v) is 7.09. The first-order valence-electron chi connectivity index (χ1n) is 9.28. The maximum Gasteiger partial charge on any atom is 0.231 e. The number of carbonyl (C=O) groups excluding carboxylic acids is 1. The van der Waals surface area contributed by atoms with E-state index in [0.717, 1.165) is 5.56 Å². The zero-order valence-corrected chi connectivity index (χ0v) is 15.9. The zero-order valence-electron chi connectivity index (χ0n) is 15.9. The minimum Gasteiger partial charge on any atom is -0.507 e. The molecule has 1 N–H and O–H groups in total. The minimum absolute atomic E-state index is 0.0829. The monoisotopic (exact) mass is 389 g/mol. The molecule has 1 heterocycles. The second-order valence-electron chi connectivity index (χ2n) is 7.09. The van der Waals surface area contributed by atoms with Gasteiger partial charge in [-0.3, -0.25) is 9.69 Å². The first-order valence-corrected chi connectivity index (χ1v) is 9.28. The molecule has 0 aromatic heterocycles. The van der Waals surface area contributed by atoms with E-state index in [1.165, 1.54) is 18.2 Å². The largest absolute Gasteiger partial charge is 0.507 e. The highest BCUT2D eigenvalue weighted by Crippen LogP contribution is 2.40. The van der Waals surface area contributed by atoms with Gasteiger partial charge in [-0.1, -0.05) is 42.5 Å². The maximum absolute atomic E-state index is 13.1. The average molecular weight is 389 g/mol. The number of hydrogen-bond donors (Lipinski definition) is 1. The first-order chi connectivity index (χ1) is 14.0. The Balaban J connectivity index is 1.59. The highest BCUT2D eigenvalue weighted by molar-refractivity contribution is 6.15. The normalized spacial score (nSPS) is 14.3. The van der Waals surface area contributed by atoms with Crippen molar-refractivity contribution in [2.75, 3.05) is 7.05 Å². The molecule has 3 aromatic rings. The van der Waals surface area contributed by atoms with Gasteiger partial charge in [0.15, 0.2) is 5.76 Å². The third-order valence-electron chi connectivity index (χ3n) is 4.81. The van der Waals surface area contributed by atoms with Crippen LogP contribution in [0, 0.1) is 5.82 Å². The number of allylic oxidation sites excluding steroid dienone is 1. The highest BCUT2D eigenvalue weighted by Gasteiger charge is 2.31. The van der Waals surface area contributed by atoms with E-state index in [2.05, 4.69) is 0 Å². The van der Waals surface area contributed by atoms with Gasteiger partial charge in [-0.15, -0.1) is 0 Å². The fourth-order valence-corrected chi connectivity index (χ4v) is 3.38. The summed E-state index contributed by atoms with van der Waals surface area (Å²) in [6.45, 7) is 1.11. The van der Waals surface area contributed by atoms with Crippen LogP contribution in [0.15, 0.2) is 72.5 Å². The van der Waals surface area contributed by atoms with Gasteiger partial charge in [-0.2, -0.15) is 0 Å². The molecule has 0 unspecified atom stereocenters. The van der Waals surface area contributed by atoms with Crippen molar-refractivity contribution in [1.29, 1.82) is 0 Å². The van der Waals surface area contributed by atoms with Crippen LogP contribution in [-0.4, -0.2) is 22.8 Å². The van der Waals surface area contributed by atoms with Crippen LogP contribution in [0.25, 0.3) is 6.08 Å². The number of phenols is 1. The molecule has 0 radical (unpaired) electrons. The molecule has 146 valence electrons. The molecule has 0 saturated carbocycles. The lowest BCUT2D eigenvalue weighted by Gasteiger charge is -2.19. The number of ether oxygens (including phenoxy) is 1. The Kier molecular flexibility index (Phi) is 5.14. The van der Waals surface area contributed by atoms with E-state index in [-0.39, 0.29) is 23.1 Å². The zero-order chi connectivity index (χ0) is 20.4. The number of aromatic hydroxyl groups is 1. The van der Waals surface area contributed by atoms with Crippen molar-refractivity contribution in [3.05, 3.63) is 101 Å². The molecule has 0 fully saturated rings. The summed E-state index contributed by atoms with van der Waals surface area (Å²) in [6.07, 6.45) is 1.58. The summed E-state index contributed by atoms with van der Waals surface area (Å²) in [4.78, 5) is 14.8. The third kappa shape index (κ3) is 4.05. The molecule has 5 heteroatoms.